The van der Waals surface area contributed by atoms with E-state index < -0.39 is 29.2 Å². The van der Waals surface area contributed by atoms with E-state index in [1.54, 1.807) is 24.3 Å². The zero-order valence-corrected chi connectivity index (χ0v) is 9.41. The van der Waals surface area contributed by atoms with Gasteiger partial charge in [-0.2, -0.15) is 0 Å². The lowest BCUT2D eigenvalue weighted by atomic mass is 9.89. The molecule has 0 radical (unpaired) electrons. The van der Waals surface area contributed by atoms with Crippen LogP contribution in [0.5, 0.6) is 0 Å². The summed E-state index contributed by atoms with van der Waals surface area (Å²) in [4.78, 5) is 22.1. The fraction of sp³-hybridized carbons (Fsp3) is 0.385. The molecule has 0 heterocycles. The summed E-state index contributed by atoms with van der Waals surface area (Å²) in [6, 6.07) is 6.86. The Morgan fingerprint density at radius 3 is 1.94 bits per heavy atom. The second-order valence-corrected chi connectivity index (χ2v) is 4.95. The van der Waals surface area contributed by atoms with Gasteiger partial charge >= 0.3 is 11.9 Å². The van der Waals surface area contributed by atoms with E-state index in [-0.39, 0.29) is 12.5 Å². The van der Waals surface area contributed by atoms with Gasteiger partial charge < -0.3 is 15.3 Å². The molecule has 2 fully saturated rings. The fourth-order valence-electron chi connectivity index (χ4n) is 3.30. The number of hydrogen-bond donors (Lipinski definition) is 3. The first kappa shape index (κ1) is 11.2. The molecule has 5 heteroatoms. The molecular weight excluding hydrogens is 236 g/mol. The van der Waals surface area contributed by atoms with E-state index in [0.717, 1.165) is 11.1 Å². The van der Waals surface area contributed by atoms with Crippen LogP contribution in [-0.2, 0) is 21.6 Å². The Balaban J connectivity index is 1.93. The van der Waals surface area contributed by atoms with E-state index in [9.17, 15) is 9.59 Å². The molecular formula is C13H12O5. The molecule has 2 aliphatic carbocycles. The summed E-state index contributed by atoms with van der Waals surface area (Å²) >= 11 is 0. The van der Waals surface area contributed by atoms with E-state index in [2.05, 4.69) is 0 Å². The average Bonchev–Trinajstić information content (AvgIpc) is 3.15. The Labute approximate surface area is 103 Å². The lowest BCUT2D eigenvalue weighted by Crippen LogP contribution is -2.25. The van der Waals surface area contributed by atoms with Gasteiger partial charge in [0, 0.05) is 5.41 Å². The van der Waals surface area contributed by atoms with Gasteiger partial charge in [0.15, 0.2) is 0 Å². The second kappa shape index (κ2) is 3.32. The van der Waals surface area contributed by atoms with Crippen LogP contribution < -0.4 is 0 Å². The number of carboxylic acids is 2. The molecule has 0 bridgehead atoms. The van der Waals surface area contributed by atoms with E-state index in [0.29, 0.717) is 0 Å². The van der Waals surface area contributed by atoms with E-state index >= 15 is 0 Å². The quantitative estimate of drug-likeness (QED) is 0.719. The molecule has 18 heavy (non-hydrogen) atoms. The van der Waals surface area contributed by atoms with Crippen molar-refractivity contribution >= 4 is 11.9 Å². The minimum absolute atomic E-state index is 0.0819. The highest BCUT2D eigenvalue weighted by Crippen LogP contribution is 2.83. The fourth-order valence-corrected chi connectivity index (χ4v) is 3.30. The highest BCUT2D eigenvalue weighted by atomic mass is 16.4. The topological polar surface area (TPSA) is 94.8 Å². The van der Waals surface area contributed by atoms with Crippen molar-refractivity contribution in [3.63, 3.8) is 0 Å². The molecule has 0 aliphatic heterocycles. The lowest BCUT2D eigenvalue weighted by molar-refractivity contribution is -0.144. The number of carbonyl (C=O) groups is 2. The summed E-state index contributed by atoms with van der Waals surface area (Å²) < 4.78 is 0. The molecule has 1 aromatic carbocycles. The van der Waals surface area contributed by atoms with Crippen LogP contribution in [0.2, 0.25) is 0 Å². The number of benzene rings is 1. The summed E-state index contributed by atoms with van der Waals surface area (Å²) in [5.74, 6) is -3.27. The van der Waals surface area contributed by atoms with Gasteiger partial charge in [0.05, 0.1) is 18.4 Å². The van der Waals surface area contributed by atoms with Crippen molar-refractivity contribution in [3.05, 3.63) is 35.4 Å². The number of aliphatic hydroxyl groups is 1. The number of fused-ring (bicyclic) bond motifs is 1. The molecule has 94 valence electrons. The molecule has 0 amide bonds. The van der Waals surface area contributed by atoms with Crippen molar-refractivity contribution < 1.29 is 24.9 Å². The van der Waals surface area contributed by atoms with Gasteiger partial charge in [0.2, 0.25) is 0 Å². The number of aliphatic hydroxyl groups excluding tert-OH is 1. The Bertz CT molecular complexity index is 511. The zero-order chi connectivity index (χ0) is 13.1. The largest absolute Gasteiger partial charge is 0.481 e. The first-order valence-corrected chi connectivity index (χ1v) is 5.71. The zero-order valence-electron chi connectivity index (χ0n) is 9.41. The molecule has 3 N–H and O–H groups in total. The third kappa shape index (κ3) is 1.14. The predicted molar refractivity (Wildman–Crippen MR) is 59.8 cm³/mol. The first-order valence-electron chi connectivity index (χ1n) is 5.71. The van der Waals surface area contributed by atoms with Crippen LogP contribution in [0.4, 0.5) is 0 Å². The highest BCUT2D eigenvalue weighted by molar-refractivity contribution is 5.92. The number of hydrogen-bond acceptors (Lipinski definition) is 3. The van der Waals surface area contributed by atoms with Crippen LogP contribution in [0.15, 0.2) is 24.3 Å². The maximum absolute atomic E-state index is 11.0. The SMILES string of the molecule is O=C(O)[C@@H]1C2[C@@H](C(=O)O)C21c1ccc(CO)cc1. The Hall–Kier alpha value is -1.88. The van der Waals surface area contributed by atoms with Crippen LogP contribution in [0, 0.1) is 17.8 Å². The molecule has 5 nitrogen and oxygen atoms in total. The van der Waals surface area contributed by atoms with Gasteiger partial charge in [-0.05, 0) is 17.0 Å². The van der Waals surface area contributed by atoms with Crippen LogP contribution in [0.1, 0.15) is 11.1 Å². The summed E-state index contributed by atoms with van der Waals surface area (Å²) in [6.45, 7) is -0.0819. The van der Waals surface area contributed by atoms with E-state index in [4.69, 9.17) is 15.3 Å². The van der Waals surface area contributed by atoms with Crippen LogP contribution >= 0.6 is 0 Å². The minimum atomic E-state index is -0.927. The van der Waals surface area contributed by atoms with Gasteiger partial charge in [0.1, 0.15) is 0 Å². The van der Waals surface area contributed by atoms with E-state index in [1.165, 1.54) is 0 Å². The molecule has 1 aromatic rings. The Morgan fingerprint density at radius 1 is 1.06 bits per heavy atom. The standard InChI is InChI=1S/C13H12O5/c14-5-6-1-3-7(4-2-6)13-8(9(13)11(15)16)10(13)12(17)18/h1-4,8-10,14H,5H2,(H,15,16)(H,17,18)/t8?,9-,10-,13?/m0/s1. The van der Waals surface area contributed by atoms with Crippen molar-refractivity contribution in [2.24, 2.45) is 17.8 Å². The minimum Gasteiger partial charge on any atom is -0.481 e. The first-order chi connectivity index (χ1) is 8.55. The number of carboxylic acid groups (broad SMARTS) is 2. The molecule has 2 aliphatic rings. The normalized spacial score (nSPS) is 35.7. The average molecular weight is 248 g/mol. The summed E-state index contributed by atoms with van der Waals surface area (Å²) in [6.07, 6.45) is 0. The maximum atomic E-state index is 11.0. The third-order valence-electron chi connectivity index (χ3n) is 4.25. The molecule has 2 atom stereocenters. The Morgan fingerprint density at radius 2 is 1.56 bits per heavy atom. The molecule has 0 aromatic heterocycles. The second-order valence-electron chi connectivity index (χ2n) is 4.95. The summed E-state index contributed by atoms with van der Waals surface area (Å²) in [7, 11) is 0. The molecule has 3 rings (SSSR count). The summed E-state index contributed by atoms with van der Waals surface area (Å²) in [5, 5.41) is 27.0. The lowest BCUT2D eigenvalue weighted by Gasteiger charge is -2.14. The Kier molecular flexibility index (Phi) is 2.07. The van der Waals surface area contributed by atoms with E-state index in [1.807, 2.05) is 0 Å². The van der Waals surface area contributed by atoms with Gasteiger partial charge in [-0.1, -0.05) is 24.3 Å². The molecule has 0 spiro atoms. The summed E-state index contributed by atoms with van der Waals surface area (Å²) in [5.41, 5.74) is 0.780. The van der Waals surface area contributed by atoms with Crippen molar-refractivity contribution in [2.75, 3.05) is 0 Å². The third-order valence-corrected chi connectivity index (χ3v) is 4.25. The van der Waals surface area contributed by atoms with Crippen LogP contribution in [-0.4, -0.2) is 27.3 Å². The van der Waals surface area contributed by atoms with Gasteiger partial charge in [-0.3, -0.25) is 9.59 Å². The molecule has 0 saturated heterocycles. The predicted octanol–water partition coefficient (Wildman–Crippen LogP) is 0.462. The molecule has 0 unspecified atom stereocenters. The molecule has 2 saturated carbocycles. The maximum Gasteiger partial charge on any atom is 0.307 e. The van der Waals surface area contributed by atoms with Crippen molar-refractivity contribution in [2.45, 2.75) is 12.0 Å². The number of aliphatic carboxylic acids is 2. The highest BCUT2D eigenvalue weighted by Gasteiger charge is 2.92. The van der Waals surface area contributed by atoms with Gasteiger partial charge in [-0.25, -0.2) is 0 Å². The van der Waals surface area contributed by atoms with Crippen molar-refractivity contribution in [1.29, 1.82) is 0 Å². The van der Waals surface area contributed by atoms with Crippen molar-refractivity contribution in [3.8, 4) is 0 Å². The monoisotopic (exact) mass is 248 g/mol. The smallest absolute Gasteiger partial charge is 0.307 e. The van der Waals surface area contributed by atoms with Crippen molar-refractivity contribution in [1.82, 2.24) is 0 Å². The number of rotatable bonds is 4. The van der Waals surface area contributed by atoms with Crippen LogP contribution in [0.25, 0.3) is 0 Å². The van der Waals surface area contributed by atoms with Gasteiger partial charge in [-0.15, -0.1) is 0 Å². The van der Waals surface area contributed by atoms with Crippen LogP contribution in [0.3, 0.4) is 0 Å². The van der Waals surface area contributed by atoms with Gasteiger partial charge in [0.25, 0.3) is 0 Å².